The maximum atomic E-state index is 12.7. The zero-order valence-corrected chi connectivity index (χ0v) is 12.7. The Labute approximate surface area is 131 Å². The van der Waals surface area contributed by atoms with Gasteiger partial charge in [0.1, 0.15) is 0 Å². The zero-order chi connectivity index (χ0) is 15.4. The summed E-state index contributed by atoms with van der Waals surface area (Å²) in [6.45, 7) is 1.79. The molecular weight excluding hydrogens is 272 g/mol. The first-order valence-electron chi connectivity index (χ1n) is 7.92. The van der Waals surface area contributed by atoms with E-state index in [1.165, 1.54) is 6.42 Å². The molecule has 2 N–H and O–H groups in total. The highest BCUT2D eigenvalue weighted by atomic mass is 16.1. The fourth-order valence-corrected chi connectivity index (χ4v) is 3.56. The fraction of sp³-hybridized carbons (Fsp3) is 0.316. The van der Waals surface area contributed by atoms with Crippen LogP contribution in [0, 0.1) is 0 Å². The third-order valence-electron chi connectivity index (χ3n) is 4.57. The van der Waals surface area contributed by atoms with Crippen molar-refractivity contribution in [2.45, 2.75) is 24.8 Å². The van der Waals surface area contributed by atoms with Gasteiger partial charge in [-0.1, -0.05) is 67.1 Å². The molecule has 0 bridgehead atoms. The Morgan fingerprint density at radius 2 is 1.27 bits per heavy atom. The van der Waals surface area contributed by atoms with Gasteiger partial charge in [-0.05, 0) is 37.1 Å². The van der Waals surface area contributed by atoms with Crippen molar-refractivity contribution in [1.29, 1.82) is 0 Å². The molecule has 1 saturated heterocycles. The number of primary amides is 1. The molecule has 1 heterocycles. The van der Waals surface area contributed by atoms with Gasteiger partial charge in [0.25, 0.3) is 0 Å². The van der Waals surface area contributed by atoms with Crippen LogP contribution < -0.4 is 5.73 Å². The number of nitrogens with zero attached hydrogens (tertiary/aromatic N) is 1. The van der Waals surface area contributed by atoms with Crippen molar-refractivity contribution in [2.75, 3.05) is 13.1 Å². The maximum absolute atomic E-state index is 12.7. The monoisotopic (exact) mass is 294 g/mol. The van der Waals surface area contributed by atoms with Gasteiger partial charge in [0.15, 0.2) is 5.54 Å². The summed E-state index contributed by atoms with van der Waals surface area (Å²) in [6.07, 6.45) is 3.43. The quantitative estimate of drug-likeness (QED) is 0.942. The van der Waals surface area contributed by atoms with Crippen LogP contribution in [0.25, 0.3) is 0 Å². The maximum Gasteiger partial charge on any atom is 0.247 e. The lowest BCUT2D eigenvalue weighted by atomic mass is 9.79. The van der Waals surface area contributed by atoms with Crippen LogP contribution in [-0.2, 0) is 10.3 Å². The zero-order valence-electron chi connectivity index (χ0n) is 12.7. The van der Waals surface area contributed by atoms with Gasteiger partial charge in [0, 0.05) is 0 Å². The number of hydrogen-bond donors (Lipinski definition) is 1. The number of benzene rings is 2. The Morgan fingerprint density at radius 3 is 1.68 bits per heavy atom. The summed E-state index contributed by atoms with van der Waals surface area (Å²) in [5.74, 6) is -0.299. The van der Waals surface area contributed by atoms with Gasteiger partial charge in [-0.3, -0.25) is 9.69 Å². The topological polar surface area (TPSA) is 46.3 Å². The van der Waals surface area contributed by atoms with Gasteiger partial charge in [-0.2, -0.15) is 0 Å². The molecule has 0 unspecified atom stereocenters. The molecule has 0 radical (unpaired) electrons. The Hall–Kier alpha value is -2.13. The fourth-order valence-electron chi connectivity index (χ4n) is 3.56. The highest BCUT2D eigenvalue weighted by Gasteiger charge is 2.46. The minimum atomic E-state index is -0.872. The van der Waals surface area contributed by atoms with Crippen LogP contribution in [0.15, 0.2) is 60.7 Å². The Kier molecular flexibility index (Phi) is 4.25. The van der Waals surface area contributed by atoms with E-state index in [2.05, 4.69) is 4.90 Å². The molecule has 2 aromatic carbocycles. The number of carbonyl (C=O) groups is 1. The largest absolute Gasteiger partial charge is 0.367 e. The minimum absolute atomic E-state index is 0.299. The molecule has 0 aromatic heterocycles. The van der Waals surface area contributed by atoms with Crippen LogP contribution in [0.3, 0.4) is 0 Å². The van der Waals surface area contributed by atoms with Gasteiger partial charge in [0.2, 0.25) is 5.91 Å². The van der Waals surface area contributed by atoms with E-state index in [9.17, 15) is 4.79 Å². The van der Waals surface area contributed by atoms with Crippen molar-refractivity contribution in [3.8, 4) is 0 Å². The van der Waals surface area contributed by atoms with Gasteiger partial charge >= 0.3 is 0 Å². The molecule has 3 heteroatoms. The Morgan fingerprint density at radius 1 is 0.818 bits per heavy atom. The van der Waals surface area contributed by atoms with E-state index in [4.69, 9.17) is 5.73 Å². The minimum Gasteiger partial charge on any atom is -0.367 e. The normalized spacial score (nSPS) is 16.4. The molecule has 114 valence electrons. The van der Waals surface area contributed by atoms with Crippen molar-refractivity contribution in [2.24, 2.45) is 5.73 Å². The summed E-state index contributed by atoms with van der Waals surface area (Å²) in [5.41, 5.74) is 7.02. The van der Waals surface area contributed by atoms with Crippen LogP contribution in [0.4, 0.5) is 0 Å². The summed E-state index contributed by atoms with van der Waals surface area (Å²) in [5, 5.41) is 0. The third kappa shape index (κ3) is 2.42. The predicted molar refractivity (Wildman–Crippen MR) is 88.3 cm³/mol. The van der Waals surface area contributed by atoms with Crippen molar-refractivity contribution >= 4 is 5.91 Å². The van der Waals surface area contributed by atoms with Gasteiger partial charge in [-0.15, -0.1) is 0 Å². The number of amides is 1. The van der Waals surface area contributed by atoms with E-state index >= 15 is 0 Å². The first-order chi connectivity index (χ1) is 10.8. The second-order valence-electron chi connectivity index (χ2n) is 5.85. The van der Waals surface area contributed by atoms with E-state index in [0.717, 1.165) is 37.1 Å². The van der Waals surface area contributed by atoms with Crippen molar-refractivity contribution < 1.29 is 4.79 Å². The molecule has 2 aromatic rings. The standard InChI is InChI=1S/C19H22N2O/c20-18(22)19(16-10-4-1-5-11-16,17-12-6-2-7-13-17)21-14-8-3-9-15-21/h1-2,4-7,10-13H,3,8-9,14-15H2,(H2,20,22). The highest BCUT2D eigenvalue weighted by Crippen LogP contribution is 2.37. The number of hydrogen-bond acceptors (Lipinski definition) is 2. The number of piperidine rings is 1. The van der Waals surface area contributed by atoms with Crippen molar-refractivity contribution in [3.05, 3.63) is 71.8 Å². The number of carbonyl (C=O) groups excluding carboxylic acids is 1. The Balaban J connectivity index is 2.21. The molecule has 1 aliphatic rings. The molecule has 1 amide bonds. The van der Waals surface area contributed by atoms with E-state index < -0.39 is 5.54 Å². The molecule has 22 heavy (non-hydrogen) atoms. The second kappa shape index (κ2) is 6.32. The summed E-state index contributed by atoms with van der Waals surface area (Å²) in [6, 6.07) is 19.9. The first kappa shape index (κ1) is 14.8. The highest BCUT2D eigenvalue weighted by molar-refractivity contribution is 5.90. The lowest BCUT2D eigenvalue weighted by Gasteiger charge is -2.44. The van der Waals surface area contributed by atoms with E-state index in [-0.39, 0.29) is 5.91 Å². The van der Waals surface area contributed by atoms with Crippen molar-refractivity contribution in [3.63, 3.8) is 0 Å². The van der Waals surface area contributed by atoms with Crippen LogP contribution in [-0.4, -0.2) is 23.9 Å². The molecule has 3 rings (SSSR count). The second-order valence-corrected chi connectivity index (χ2v) is 5.85. The van der Waals surface area contributed by atoms with E-state index in [0.29, 0.717) is 0 Å². The van der Waals surface area contributed by atoms with E-state index in [1.54, 1.807) is 0 Å². The predicted octanol–water partition coefficient (Wildman–Crippen LogP) is 2.90. The van der Waals surface area contributed by atoms with Crippen LogP contribution in [0.1, 0.15) is 30.4 Å². The molecule has 1 aliphatic heterocycles. The molecule has 0 aliphatic carbocycles. The summed E-state index contributed by atoms with van der Waals surface area (Å²) in [4.78, 5) is 15.0. The molecular formula is C19H22N2O. The summed E-state index contributed by atoms with van der Waals surface area (Å²) in [7, 11) is 0. The molecule has 0 atom stereocenters. The first-order valence-corrected chi connectivity index (χ1v) is 7.92. The average molecular weight is 294 g/mol. The average Bonchev–Trinajstić information content (AvgIpc) is 2.58. The lowest BCUT2D eigenvalue weighted by molar-refractivity contribution is -0.129. The molecule has 0 saturated carbocycles. The summed E-state index contributed by atoms with van der Waals surface area (Å²) >= 11 is 0. The lowest BCUT2D eigenvalue weighted by Crippen LogP contribution is -2.57. The van der Waals surface area contributed by atoms with E-state index in [1.807, 2.05) is 60.7 Å². The molecule has 0 spiro atoms. The van der Waals surface area contributed by atoms with Gasteiger partial charge in [-0.25, -0.2) is 0 Å². The molecule has 3 nitrogen and oxygen atoms in total. The third-order valence-corrected chi connectivity index (χ3v) is 4.57. The number of nitrogens with two attached hydrogens (primary N) is 1. The summed E-state index contributed by atoms with van der Waals surface area (Å²) < 4.78 is 0. The van der Waals surface area contributed by atoms with Crippen LogP contribution in [0.2, 0.25) is 0 Å². The van der Waals surface area contributed by atoms with Gasteiger partial charge < -0.3 is 5.73 Å². The number of likely N-dealkylation sites (tertiary alicyclic amines) is 1. The number of rotatable bonds is 4. The SMILES string of the molecule is NC(=O)C(c1ccccc1)(c1ccccc1)N1CCCCC1. The van der Waals surface area contributed by atoms with Crippen molar-refractivity contribution in [1.82, 2.24) is 4.90 Å². The van der Waals surface area contributed by atoms with Crippen LogP contribution in [0.5, 0.6) is 0 Å². The van der Waals surface area contributed by atoms with Crippen LogP contribution >= 0.6 is 0 Å². The smallest absolute Gasteiger partial charge is 0.247 e. The Bertz CT molecular complexity index is 579. The molecule has 1 fully saturated rings. The van der Waals surface area contributed by atoms with Gasteiger partial charge in [0.05, 0.1) is 0 Å².